The lowest BCUT2D eigenvalue weighted by Gasteiger charge is -2.01. The van der Waals surface area contributed by atoms with Gasteiger partial charge < -0.3 is 9.84 Å². The third-order valence-electron chi connectivity index (χ3n) is 2.74. The maximum atomic E-state index is 5.26. The topological polar surface area (TPSA) is 63.8 Å². The van der Waals surface area contributed by atoms with Crippen LogP contribution in [0.15, 0.2) is 29.0 Å². The fraction of sp³-hybridized carbons (Fsp3) is 0.364. The van der Waals surface area contributed by atoms with Gasteiger partial charge in [0.2, 0.25) is 11.7 Å². The third-order valence-corrected chi connectivity index (χ3v) is 2.74. The molecule has 17 heavy (non-hydrogen) atoms. The highest BCUT2D eigenvalue weighted by molar-refractivity contribution is 5.85. The van der Waals surface area contributed by atoms with Crippen molar-refractivity contribution in [3.05, 3.63) is 30.4 Å². The molecule has 1 N–H and O–H groups in total. The van der Waals surface area contributed by atoms with Gasteiger partial charge in [0.1, 0.15) is 0 Å². The third kappa shape index (κ3) is 2.45. The number of aromatic nitrogens is 3. The van der Waals surface area contributed by atoms with Crippen LogP contribution >= 0.6 is 12.4 Å². The minimum Gasteiger partial charge on any atom is -0.337 e. The number of hydrogen-bond acceptors (Lipinski definition) is 5. The maximum absolute atomic E-state index is 5.26. The monoisotopic (exact) mass is 252 g/mol. The van der Waals surface area contributed by atoms with Gasteiger partial charge in [-0.2, -0.15) is 4.98 Å². The molecule has 0 spiro atoms. The first-order chi connectivity index (χ1) is 7.93. The Morgan fingerprint density at radius 3 is 2.82 bits per heavy atom. The largest absolute Gasteiger partial charge is 0.337 e. The summed E-state index contributed by atoms with van der Waals surface area (Å²) in [5, 5.41) is 7.31. The molecule has 1 aliphatic heterocycles. The van der Waals surface area contributed by atoms with Gasteiger partial charge >= 0.3 is 0 Å². The van der Waals surface area contributed by atoms with Crippen LogP contribution in [0.5, 0.6) is 0 Å². The Morgan fingerprint density at radius 1 is 1.29 bits per heavy atom. The van der Waals surface area contributed by atoms with Crippen molar-refractivity contribution >= 4 is 12.4 Å². The molecule has 3 rings (SSSR count). The zero-order valence-corrected chi connectivity index (χ0v) is 9.98. The first kappa shape index (κ1) is 12.0. The van der Waals surface area contributed by atoms with Crippen LogP contribution in [0.2, 0.25) is 0 Å². The predicted molar refractivity (Wildman–Crippen MR) is 64.8 cm³/mol. The number of hydrogen-bond donors (Lipinski definition) is 1. The maximum Gasteiger partial charge on any atom is 0.244 e. The van der Waals surface area contributed by atoms with E-state index in [1.54, 1.807) is 12.4 Å². The fourth-order valence-electron chi connectivity index (χ4n) is 1.89. The molecule has 1 fully saturated rings. The van der Waals surface area contributed by atoms with Crippen molar-refractivity contribution in [1.29, 1.82) is 0 Å². The van der Waals surface area contributed by atoms with E-state index in [9.17, 15) is 0 Å². The molecule has 2 aromatic rings. The molecule has 0 unspecified atom stereocenters. The highest BCUT2D eigenvalue weighted by Gasteiger charge is 2.22. The Hall–Kier alpha value is -1.46. The standard InChI is InChI=1S/C11H12N4O.ClH/c1-2-9(13-5-1)11-14-10(15-16-11)8-3-6-12-7-4-8;/h3-4,6-7,9,13H,1-2,5H2;1H/t9-;/m0./s1. The average Bonchev–Trinajstić information content (AvgIpc) is 3.01. The van der Waals surface area contributed by atoms with Crippen molar-refractivity contribution < 1.29 is 4.52 Å². The number of halogens is 1. The summed E-state index contributed by atoms with van der Waals surface area (Å²) >= 11 is 0. The highest BCUT2D eigenvalue weighted by Crippen LogP contribution is 2.23. The Morgan fingerprint density at radius 2 is 2.12 bits per heavy atom. The summed E-state index contributed by atoms with van der Waals surface area (Å²) in [5.41, 5.74) is 0.933. The molecule has 2 aromatic heterocycles. The van der Waals surface area contributed by atoms with E-state index in [1.165, 1.54) is 0 Å². The summed E-state index contributed by atoms with van der Waals surface area (Å²) in [7, 11) is 0. The van der Waals surface area contributed by atoms with E-state index in [-0.39, 0.29) is 18.4 Å². The van der Waals surface area contributed by atoms with Crippen molar-refractivity contribution in [3.63, 3.8) is 0 Å². The zero-order valence-electron chi connectivity index (χ0n) is 9.17. The molecule has 0 aromatic carbocycles. The van der Waals surface area contributed by atoms with Gasteiger partial charge in [-0.1, -0.05) is 5.16 Å². The fourth-order valence-corrected chi connectivity index (χ4v) is 1.89. The minimum atomic E-state index is 0. The van der Waals surface area contributed by atoms with Crippen LogP contribution < -0.4 is 5.32 Å². The van der Waals surface area contributed by atoms with Crippen molar-refractivity contribution in [2.75, 3.05) is 6.54 Å². The number of pyridine rings is 1. The van der Waals surface area contributed by atoms with Crippen LogP contribution in [0.4, 0.5) is 0 Å². The number of nitrogens with zero attached hydrogens (tertiary/aromatic N) is 3. The van der Waals surface area contributed by atoms with Crippen LogP contribution in [0.3, 0.4) is 0 Å². The Kier molecular flexibility index (Phi) is 3.71. The van der Waals surface area contributed by atoms with E-state index in [1.807, 2.05) is 12.1 Å². The average molecular weight is 253 g/mol. The number of rotatable bonds is 2. The van der Waals surface area contributed by atoms with Crippen molar-refractivity contribution in [2.24, 2.45) is 0 Å². The van der Waals surface area contributed by atoms with Crippen molar-refractivity contribution in [3.8, 4) is 11.4 Å². The molecular formula is C11H13ClN4O. The number of nitrogens with one attached hydrogen (secondary N) is 1. The lowest BCUT2D eigenvalue weighted by Crippen LogP contribution is -2.12. The molecular weight excluding hydrogens is 240 g/mol. The summed E-state index contributed by atoms with van der Waals surface area (Å²) in [5.74, 6) is 1.32. The van der Waals surface area contributed by atoms with E-state index >= 15 is 0 Å². The minimum absolute atomic E-state index is 0. The molecule has 1 saturated heterocycles. The second kappa shape index (κ2) is 5.25. The van der Waals surface area contributed by atoms with Crippen LogP contribution in [-0.4, -0.2) is 21.7 Å². The summed E-state index contributed by atoms with van der Waals surface area (Å²) in [6.45, 7) is 1.03. The molecule has 0 amide bonds. The van der Waals surface area contributed by atoms with Gasteiger partial charge in [-0.05, 0) is 31.5 Å². The van der Waals surface area contributed by atoms with Crippen molar-refractivity contribution in [2.45, 2.75) is 18.9 Å². The van der Waals surface area contributed by atoms with Crippen LogP contribution in [0.1, 0.15) is 24.8 Å². The molecule has 0 radical (unpaired) electrons. The molecule has 3 heterocycles. The first-order valence-electron chi connectivity index (χ1n) is 5.41. The van der Waals surface area contributed by atoms with Gasteiger partial charge in [0.15, 0.2) is 0 Å². The molecule has 5 nitrogen and oxygen atoms in total. The van der Waals surface area contributed by atoms with Crippen LogP contribution in [0, 0.1) is 0 Å². The Labute approximate surface area is 105 Å². The lowest BCUT2D eigenvalue weighted by atomic mass is 10.2. The van der Waals surface area contributed by atoms with Gasteiger partial charge in [-0.25, -0.2) is 0 Å². The SMILES string of the molecule is Cl.c1cc(-c2noc([C@@H]3CCCN3)n2)ccn1. The highest BCUT2D eigenvalue weighted by atomic mass is 35.5. The second-order valence-corrected chi connectivity index (χ2v) is 3.84. The van der Waals surface area contributed by atoms with Gasteiger partial charge in [0.05, 0.1) is 6.04 Å². The molecule has 0 saturated carbocycles. The zero-order chi connectivity index (χ0) is 10.8. The molecule has 1 atom stereocenters. The van der Waals surface area contributed by atoms with Gasteiger partial charge in [-0.3, -0.25) is 4.98 Å². The summed E-state index contributed by atoms with van der Waals surface area (Å²) in [4.78, 5) is 8.35. The van der Waals surface area contributed by atoms with E-state index in [0.29, 0.717) is 11.7 Å². The Bertz CT molecular complexity index is 467. The first-order valence-corrected chi connectivity index (χ1v) is 5.41. The summed E-state index contributed by atoms with van der Waals surface area (Å²) in [6, 6.07) is 3.97. The second-order valence-electron chi connectivity index (χ2n) is 3.84. The molecule has 0 aliphatic carbocycles. The van der Waals surface area contributed by atoms with Crippen LogP contribution in [-0.2, 0) is 0 Å². The molecule has 0 bridgehead atoms. The predicted octanol–water partition coefficient (Wildman–Crippen LogP) is 1.98. The quantitative estimate of drug-likeness (QED) is 0.885. The van der Waals surface area contributed by atoms with Gasteiger partial charge in [0, 0.05) is 18.0 Å². The van der Waals surface area contributed by atoms with Gasteiger partial charge in [-0.15, -0.1) is 12.4 Å². The van der Waals surface area contributed by atoms with Crippen molar-refractivity contribution in [1.82, 2.24) is 20.4 Å². The summed E-state index contributed by atoms with van der Waals surface area (Å²) < 4.78 is 5.26. The summed E-state index contributed by atoms with van der Waals surface area (Å²) in [6.07, 6.45) is 5.67. The van der Waals surface area contributed by atoms with E-state index in [0.717, 1.165) is 24.9 Å². The van der Waals surface area contributed by atoms with E-state index in [2.05, 4.69) is 20.4 Å². The van der Waals surface area contributed by atoms with Crippen LogP contribution in [0.25, 0.3) is 11.4 Å². The lowest BCUT2D eigenvalue weighted by molar-refractivity contribution is 0.345. The van der Waals surface area contributed by atoms with E-state index in [4.69, 9.17) is 4.52 Å². The van der Waals surface area contributed by atoms with Gasteiger partial charge in [0.25, 0.3) is 0 Å². The molecule has 6 heteroatoms. The smallest absolute Gasteiger partial charge is 0.244 e. The molecule has 90 valence electrons. The molecule has 1 aliphatic rings. The Balaban J connectivity index is 0.00000108. The van der Waals surface area contributed by atoms with E-state index < -0.39 is 0 Å². The normalized spacial score (nSPS) is 18.9.